The predicted molar refractivity (Wildman–Crippen MR) is 146 cm³/mol. The molecule has 0 saturated carbocycles. The summed E-state index contributed by atoms with van der Waals surface area (Å²) in [7, 11) is 0. The zero-order valence-electron chi connectivity index (χ0n) is 21.1. The molecule has 1 heterocycles. The molecule has 6 nitrogen and oxygen atoms in total. The number of benzene rings is 2. The molecule has 0 fully saturated rings. The fourth-order valence-electron chi connectivity index (χ4n) is 3.76. The van der Waals surface area contributed by atoms with Crippen LogP contribution in [0, 0.1) is 0 Å². The molecule has 0 saturated heterocycles. The van der Waals surface area contributed by atoms with E-state index in [0.29, 0.717) is 22.2 Å². The van der Waals surface area contributed by atoms with Crippen molar-refractivity contribution >= 4 is 40.2 Å². The van der Waals surface area contributed by atoms with Gasteiger partial charge in [-0.2, -0.15) is 0 Å². The highest BCUT2D eigenvalue weighted by Gasteiger charge is 2.33. The molecule has 0 radical (unpaired) electrons. The lowest BCUT2D eigenvalue weighted by Gasteiger charge is -2.22. The molecular weight excluding hydrogens is 460 g/mol. The smallest absolute Gasteiger partial charge is 0.344 e. The van der Waals surface area contributed by atoms with Gasteiger partial charge in [-0.05, 0) is 70.0 Å². The van der Waals surface area contributed by atoms with E-state index in [9.17, 15) is 9.90 Å². The first-order chi connectivity index (χ1) is 16.9. The quantitative estimate of drug-likeness (QED) is 0.371. The van der Waals surface area contributed by atoms with Crippen molar-refractivity contribution in [3.63, 3.8) is 0 Å². The Morgan fingerprint density at radius 3 is 2.34 bits per heavy atom. The second-order valence-corrected chi connectivity index (χ2v) is 8.85. The van der Waals surface area contributed by atoms with Gasteiger partial charge in [-0.3, -0.25) is 0 Å². The number of esters is 1. The number of anilines is 1. The highest BCUT2D eigenvalue weighted by Crippen LogP contribution is 2.41. The van der Waals surface area contributed by atoms with Crippen molar-refractivity contribution in [2.45, 2.75) is 41.0 Å². The molecular formula is C28H34N2O4S. The van der Waals surface area contributed by atoms with Crippen LogP contribution in [0.15, 0.2) is 63.7 Å². The van der Waals surface area contributed by atoms with Gasteiger partial charge in [0.05, 0.1) is 23.8 Å². The molecule has 186 valence electrons. The van der Waals surface area contributed by atoms with Crippen molar-refractivity contribution in [3.05, 3.63) is 69.8 Å². The van der Waals surface area contributed by atoms with E-state index < -0.39 is 5.97 Å². The number of rotatable bonds is 10. The number of thioether (sulfide) groups is 1. The minimum atomic E-state index is -0.591. The van der Waals surface area contributed by atoms with Gasteiger partial charge in [0.2, 0.25) is 0 Å². The van der Waals surface area contributed by atoms with Crippen LogP contribution in [0.4, 0.5) is 11.4 Å². The molecule has 1 aliphatic rings. The number of carbonyl (C=O) groups is 1. The lowest BCUT2D eigenvalue weighted by molar-refractivity contribution is -0.138. The summed E-state index contributed by atoms with van der Waals surface area (Å²) in [5, 5.41) is 11.4. The van der Waals surface area contributed by atoms with E-state index in [2.05, 4.69) is 30.7 Å². The van der Waals surface area contributed by atoms with E-state index in [1.807, 2.05) is 55.5 Å². The van der Waals surface area contributed by atoms with Gasteiger partial charge in [0, 0.05) is 30.4 Å². The lowest BCUT2D eigenvalue weighted by atomic mass is 10.1. The average molecular weight is 495 g/mol. The van der Waals surface area contributed by atoms with Crippen LogP contribution in [-0.2, 0) is 16.0 Å². The van der Waals surface area contributed by atoms with Crippen molar-refractivity contribution in [2.75, 3.05) is 31.2 Å². The average Bonchev–Trinajstić information content (AvgIpc) is 3.16. The number of nitrogens with zero attached hydrogens (tertiary/aromatic N) is 2. The maximum atomic E-state index is 12.7. The van der Waals surface area contributed by atoms with E-state index in [0.717, 1.165) is 36.5 Å². The van der Waals surface area contributed by atoms with Crippen LogP contribution in [0.5, 0.6) is 5.75 Å². The van der Waals surface area contributed by atoms with Gasteiger partial charge < -0.3 is 19.5 Å². The Morgan fingerprint density at radius 1 is 1.03 bits per heavy atom. The molecule has 0 amide bonds. The molecule has 3 rings (SSSR count). The second kappa shape index (κ2) is 12.5. The largest absolute Gasteiger partial charge is 0.506 e. The molecule has 1 aliphatic heterocycles. The summed E-state index contributed by atoms with van der Waals surface area (Å²) in [6.45, 7) is 12.5. The molecule has 0 spiro atoms. The summed E-state index contributed by atoms with van der Waals surface area (Å²) in [6, 6.07) is 13.9. The summed E-state index contributed by atoms with van der Waals surface area (Å²) in [6.07, 6.45) is 2.77. The summed E-state index contributed by atoms with van der Waals surface area (Å²) in [4.78, 5) is 20.1. The molecule has 1 N–H and O–H groups in total. The monoisotopic (exact) mass is 494 g/mol. The number of carbonyl (C=O) groups excluding carboxylic acids is 1. The third kappa shape index (κ3) is 6.28. The highest BCUT2D eigenvalue weighted by molar-refractivity contribution is 8.18. The van der Waals surface area contributed by atoms with Crippen LogP contribution in [0.25, 0.3) is 6.08 Å². The Kier molecular flexibility index (Phi) is 9.43. The van der Waals surface area contributed by atoms with Crippen molar-refractivity contribution in [3.8, 4) is 5.75 Å². The van der Waals surface area contributed by atoms with Crippen molar-refractivity contribution in [1.29, 1.82) is 0 Å². The maximum Gasteiger partial charge on any atom is 0.344 e. The number of hydrogen-bond donors (Lipinski definition) is 1. The van der Waals surface area contributed by atoms with Crippen LogP contribution >= 0.6 is 11.8 Å². The predicted octanol–water partition coefficient (Wildman–Crippen LogP) is 6.69. The van der Waals surface area contributed by atoms with Crippen LogP contribution in [-0.4, -0.2) is 42.4 Å². The normalized spacial score (nSPS) is 15.7. The first-order valence-corrected chi connectivity index (χ1v) is 13.0. The lowest BCUT2D eigenvalue weighted by Crippen LogP contribution is -2.21. The van der Waals surface area contributed by atoms with Crippen molar-refractivity contribution in [1.82, 2.24) is 0 Å². The summed E-state index contributed by atoms with van der Waals surface area (Å²) in [5.41, 5.74) is 3.88. The molecule has 0 bridgehead atoms. The molecule has 2 aromatic rings. The molecule has 0 unspecified atom stereocenters. The first kappa shape index (κ1) is 26.4. The highest BCUT2D eigenvalue weighted by atomic mass is 32.2. The molecule has 0 aromatic heterocycles. The van der Waals surface area contributed by atoms with Gasteiger partial charge in [-0.1, -0.05) is 30.8 Å². The third-order valence-corrected chi connectivity index (χ3v) is 6.68. The molecule has 35 heavy (non-hydrogen) atoms. The fourth-order valence-corrected chi connectivity index (χ4v) is 4.79. The Labute approximate surface area is 212 Å². The standard InChI is InChI=1S/C28H34N2O4S/c1-6-19-11-14-21(15-12-19)29-27-25(28(32)34-10-5)26(31)24(35-27)17-20-13-16-22(30(7-2)8-3)18-23(20)33-9-4/h11-18,31H,6-10H2,1-5H3/b24-17+,29-27?. The second-order valence-electron chi connectivity index (χ2n) is 7.82. The van der Waals surface area contributed by atoms with Gasteiger partial charge in [-0.15, -0.1) is 0 Å². The minimum Gasteiger partial charge on any atom is -0.506 e. The molecule has 0 atom stereocenters. The Morgan fingerprint density at radius 2 is 1.74 bits per heavy atom. The third-order valence-electron chi connectivity index (χ3n) is 5.66. The number of hydrogen-bond acceptors (Lipinski definition) is 7. The molecule has 0 aliphatic carbocycles. The number of ether oxygens (including phenoxy) is 2. The Hall–Kier alpha value is -3.19. The molecule has 7 heteroatoms. The van der Waals surface area contributed by atoms with E-state index in [1.54, 1.807) is 6.92 Å². The SMILES string of the molecule is CCOC(=O)C1=C(O)/C(=C\c2ccc(N(CC)CC)cc2OCC)SC1=Nc1ccc(CC)cc1. The Bertz CT molecular complexity index is 1130. The maximum absolute atomic E-state index is 12.7. The van der Waals surface area contributed by atoms with E-state index in [-0.39, 0.29) is 17.9 Å². The van der Waals surface area contributed by atoms with E-state index >= 15 is 0 Å². The Balaban J connectivity index is 2.04. The van der Waals surface area contributed by atoms with Gasteiger partial charge in [0.1, 0.15) is 22.1 Å². The minimum absolute atomic E-state index is 0.0837. The van der Waals surface area contributed by atoms with Gasteiger partial charge in [0.15, 0.2) is 0 Å². The number of aliphatic hydroxyl groups is 1. The van der Waals surface area contributed by atoms with E-state index in [1.165, 1.54) is 17.3 Å². The molecule has 2 aromatic carbocycles. The van der Waals surface area contributed by atoms with E-state index in [4.69, 9.17) is 9.47 Å². The number of aliphatic hydroxyl groups excluding tert-OH is 1. The first-order valence-electron chi connectivity index (χ1n) is 12.2. The summed E-state index contributed by atoms with van der Waals surface area (Å²) < 4.78 is 11.1. The van der Waals surface area contributed by atoms with Crippen LogP contribution in [0.3, 0.4) is 0 Å². The van der Waals surface area contributed by atoms with Gasteiger partial charge in [0.25, 0.3) is 0 Å². The summed E-state index contributed by atoms with van der Waals surface area (Å²) in [5.74, 6) is -0.00424. The number of aliphatic imine (C=N–C) groups is 1. The summed E-state index contributed by atoms with van der Waals surface area (Å²) >= 11 is 1.25. The zero-order chi connectivity index (χ0) is 25.4. The number of aryl methyl sites for hydroxylation is 1. The van der Waals surface area contributed by atoms with Crippen molar-refractivity contribution < 1.29 is 19.4 Å². The topological polar surface area (TPSA) is 71.4 Å². The fraction of sp³-hybridized carbons (Fsp3) is 0.357. The van der Waals surface area contributed by atoms with Crippen LogP contribution < -0.4 is 9.64 Å². The van der Waals surface area contributed by atoms with Crippen molar-refractivity contribution in [2.24, 2.45) is 4.99 Å². The van der Waals surface area contributed by atoms with Gasteiger partial charge in [-0.25, -0.2) is 9.79 Å². The van der Waals surface area contributed by atoms with Crippen LogP contribution in [0.2, 0.25) is 0 Å². The van der Waals surface area contributed by atoms with Gasteiger partial charge >= 0.3 is 5.97 Å². The van der Waals surface area contributed by atoms with Crippen LogP contribution in [0.1, 0.15) is 45.7 Å². The zero-order valence-corrected chi connectivity index (χ0v) is 21.9.